The lowest BCUT2D eigenvalue weighted by Crippen LogP contribution is -2.08. The lowest BCUT2D eigenvalue weighted by atomic mass is 9.88. The largest absolute Gasteiger partial charge is 0.417 e. The van der Waals surface area contributed by atoms with Crippen molar-refractivity contribution in [3.63, 3.8) is 0 Å². The number of benzene rings is 3. The van der Waals surface area contributed by atoms with Crippen LogP contribution in [0.15, 0.2) is 65.7 Å². The van der Waals surface area contributed by atoms with Crippen LogP contribution in [0, 0.1) is 79.3 Å². The van der Waals surface area contributed by atoms with Crippen LogP contribution in [0.1, 0.15) is 50.1 Å². The van der Waals surface area contributed by atoms with Gasteiger partial charge in [-0.15, -0.1) is 0 Å². The molecule has 2 aliphatic rings. The van der Waals surface area contributed by atoms with Gasteiger partial charge < -0.3 is 0 Å². The van der Waals surface area contributed by atoms with Gasteiger partial charge in [-0.2, -0.15) is 63.2 Å². The molecule has 0 heterocycles. The Kier molecular flexibility index (Phi) is 7.69. The van der Waals surface area contributed by atoms with Gasteiger partial charge in [-0.05, 0) is 58.7 Å². The van der Waals surface area contributed by atoms with Crippen molar-refractivity contribution in [3.05, 3.63) is 116 Å². The summed E-state index contributed by atoms with van der Waals surface area (Å²) in [5.41, 5.74) is -5.69. The summed E-state index contributed by atoms with van der Waals surface area (Å²) in [6, 6.07) is 20.8. The van der Waals surface area contributed by atoms with E-state index in [4.69, 9.17) is 0 Å². The number of halogens is 6. The van der Waals surface area contributed by atoms with Gasteiger partial charge in [-0.25, -0.2) is 0 Å². The number of nitrogens with zero attached hydrogens (tertiary/aromatic N) is 7. The van der Waals surface area contributed by atoms with Crippen LogP contribution >= 0.6 is 0 Å². The minimum Gasteiger partial charge on any atom is -0.192 e. The zero-order valence-electron chi connectivity index (χ0n) is 23.6. The van der Waals surface area contributed by atoms with Gasteiger partial charge in [0.05, 0.1) is 33.9 Å². The molecule has 0 unspecified atom stereocenters. The first-order valence-electron chi connectivity index (χ1n) is 13.2. The predicted octanol–water partition coefficient (Wildman–Crippen LogP) is 8.09. The third-order valence-corrected chi connectivity index (χ3v) is 7.64. The van der Waals surface area contributed by atoms with Gasteiger partial charge in [-0.3, -0.25) is 0 Å². The van der Waals surface area contributed by atoms with Crippen molar-refractivity contribution in [1.29, 1.82) is 36.8 Å². The average molecular weight is 641 g/mol. The fraction of sp³-hybridized carbons (Fsp3) is 0.0571. The van der Waals surface area contributed by atoms with Gasteiger partial charge in [0.1, 0.15) is 47.6 Å². The van der Waals surface area contributed by atoms with Gasteiger partial charge in [0.25, 0.3) is 0 Å². The van der Waals surface area contributed by atoms with E-state index in [1.807, 2.05) is 12.1 Å². The van der Waals surface area contributed by atoms with Crippen molar-refractivity contribution in [1.82, 2.24) is 0 Å². The molecule has 0 atom stereocenters. The molecule has 0 fully saturated rings. The van der Waals surface area contributed by atoms with Crippen LogP contribution in [0.2, 0.25) is 0 Å². The summed E-state index contributed by atoms with van der Waals surface area (Å²) in [7, 11) is 0. The molecule has 5 rings (SSSR count). The molecule has 0 aromatic heterocycles. The van der Waals surface area contributed by atoms with Crippen LogP contribution in [0.4, 0.5) is 26.3 Å². The summed E-state index contributed by atoms with van der Waals surface area (Å²) < 4.78 is 81.6. The Morgan fingerprint density at radius 3 is 1.31 bits per heavy atom. The number of hydrogen-bond acceptors (Lipinski definition) is 7. The summed E-state index contributed by atoms with van der Waals surface area (Å²) >= 11 is 0. The Morgan fingerprint density at radius 2 is 0.917 bits per heavy atom. The normalized spacial score (nSPS) is 13.2. The lowest BCUT2D eigenvalue weighted by Gasteiger charge is -2.14. The molecule has 13 heteroatoms. The Balaban J connectivity index is 1.90. The van der Waals surface area contributed by atoms with Gasteiger partial charge >= 0.3 is 12.4 Å². The van der Waals surface area contributed by atoms with Crippen molar-refractivity contribution < 1.29 is 26.3 Å². The van der Waals surface area contributed by atoms with E-state index < -0.39 is 40.2 Å². The highest BCUT2D eigenvalue weighted by Gasteiger charge is 2.39. The summed E-state index contributed by atoms with van der Waals surface area (Å²) in [6.07, 6.45) is -9.69. The summed E-state index contributed by atoms with van der Waals surface area (Å²) in [5.74, 6) is 0. The van der Waals surface area contributed by atoms with Gasteiger partial charge in [0, 0.05) is 33.4 Å². The molecule has 0 spiro atoms. The minimum atomic E-state index is -5.00. The van der Waals surface area contributed by atoms with Crippen molar-refractivity contribution in [2.45, 2.75) is 12.4 Å². The first-order valence-corrected chi connectivity index (χ1v) is 13.2. The molecule has 0 bridgehead atoms. The molecule has 48 heavy (non-hydrogen) atoms. The second-order valence-corrected chi connectivity index (χ2v) is 10.1. The first-order chi connectivity index (χ1) is 22.8. The third kappa shape index (κ3) is 4.90. The fourth-order valence-corrected chi connectivity index (χ4v) is 5.68. The molecule has 0 saturated carbocycles. The topological polar surface area (TPSA) is 167 Å². The van der Waals surface area contributed by atoms with E-state index in [1.165, 1.54) is 18.2 Å². The number of hydrogen-bond donors (Lipinski definition) is 0. The van der Waals surface area contributed by atoms with Crippen LogP contribution in [-0.2, 0) is 12.4 Å². The Hall–Kier alpha value is -7.37. The standard InChI is InChI=1S/C35H9F6N7/c36-34(37,38)22-5-3-17(4-6-22)30-27(15-47)23-8-24-26(9-25(23)32(30)20(11-43)12-44)33(21(13-45)14-46)31(28(24)16-48)18-1-2-19(10-42)29(7-18)35(39,40)41/h1-9H. The summed E-state index contributed by atoms with van der Waals surface area (Å²) in [6.45, 7) is 0. The van der Waals surface area contributed by atoms with Gasteiger partial charge in [-0.1, -0.05) is 18.2 Å². The van der Waals surface area contributed by atoms with E-state index >= 15 is 0 Å². The molecule has 0 radical (unpaired) electrons. The van der Waals surface area contributed by atoms with Crippen molar-refractivity contribution in [2.75, 3.05) is 0 Å². The Morgan fingerprint density at radius 1 is 0.479 bits per heavy atom. The minimum absolute atomic E-state index is 0.0142. The number of rotatable bonds is 2. The van der Waals surface area contributed by atoms with Crippen LogP contribution in [0.25, 0.3) is 33.4 Å². The van der Waals surface area contributed by atoms with Crippen LogP contribution in [-0.4, -0.2) is 0 Å². The monoisotopic (exact) mass is 641 g/mol. The molecular weight excluding hydrogens is 632 g/mol. The molecule has 0 amide bonds. The maximum atomic E-state index is 13.9. The summed E-state index contributed by atoms with van der Waals surface area (Å²) in [4.78, 5) is 0. The van der Waals surface area contributed by atoms with Gasteiger partial charge in [0.15, 0.2) is 0 Å². The zero-order valence-corrected chi connectivity index (χ0v) is 23.6. The SMILES string of the molecule is N#CC(C#N)=C1C(c2ccc(C(F)(F)F)cc2)=C(C#N)c2cc3c(cc21)C(=C(C#N)C#N)C(c1ccc(C#N)c(C(F)(F)F)c1)=C3C#N. The number of nitriles is 7. The molecule has 3 aromatic carbocycles. The van der Waals surface area contributed by atoms with Crippen LogP contribution in [0.5, 0.6) is 0 Å². The average Bonchev–Trinajstić information content (AvgIpc) is 3.55. The van der Waals surface area contributed by atoms with E-state index in [0.29, 0.717) is 6.07 Å². The van der Waals surface area contributed by atoms with Crippen molar-refractivity contribution in [2.24, 2.45) is 0 Å². The zero-order chi connectivity index (χ0) is 35.1. The van der Waals surface area contributed by atoms with E-state index in [1.54, 1.807) is 24.3 Å². The van der Waals surface area contributed by atoms with Crippen LogP contribution in [0.3, 0.4) is 0 Å². The molecule has 0 saturated heterocycles. The second kappa shape index (κ2) is 11.5. The fourth-order valence-electron chi connectivity index (χ4n) is 5.68. The molecule has 3 aromatic rings. The quantitative estimate of drug-likeness (QED) is 0.201. The molecule has 0 N–H and O–H groups in total. The molecule has 7 nitrogen and oxygen atoms in total. The second-order valence-electron chi connectivity index (χ2n) is 10.1. The maximum Gasteiger partial charge on any atom is 0.417 e. The Labute approximate surface area is 267 Å². The van der Waals surface area contributed by atoms with E-state index in [0.717, 1.165) is 36.4 Å². The number of alkyl halides is 6. The van der Waals surface area contributed by atoms with Gasteiger partial charge in [0.2, 0.25) is 0 Å². The van der Waals surface area contributed by atoms with Crippen LogP contribution < -0.4 is 0 Å². The van der Waals surface area contributed by atoms with Crippen molar-refractivity contribution >= 4 is 33.4 Å². The highest BCUT2D eigenvalue weighted by Crippen LogP contribution is 2.54. The van der Waals surface area contributed by atoms with Crippen molar-refractivity contribution in [3.8, 4) is 42.5 Å². The molecular formula is C35H9F6N7. The molecule has 226 valence electrons. The maximum absolute atomic E-state index is 13.9. The first kappa shape index (κ1) is 32.0. The molecule has 2 aliphatic carbocycles. The summed E-state index contributed by atoms with van der Waals surface area (Å²) in [5, 5.41) is 69.3. The Bertz CT molecular complexity index is 2390. The van der Waals surface area contributed by atoms with E-state index in [9.17, 15) is 63.2 Å². The highest BCUT2D eigenvalue weighted by atomic mass is 19.4. The number of allylic oxidation sites excluding steroid dienone is 8. The smallest absolute Gasteiger partial charge is 0.192 e. The number of fused-ring (bicyclic) bond motifs is 2. The van der Waals surface area contributed by atoms with E-state index in [-0.39, 0.29) is 66.8 Å². The molecule has 0 aliphatic heterocycles. The highest BCUT2D eigenvalue weighted by molar-refractivity contribution is 6.29. The lowest BCUT2D eigenvalue weighted by molar-refractivity contribution is -0.138. The third-order valence-electron chi connectivity index (χ3n) is 7.64. The predicted molar refractivity (Wildman–Crippen MR) is 155 cm³/mol. The van der Waals surface area contributed by atoms with E-state index in [2.05, 4.69) is 0 Å².